The molecule has 0 radical (unpaired) electrons. The number of thiazole rings is 1. The molecule has 1 N–H and O–H groups in total. The molecule has 2 aromatic heterocycles. The van der Waals surface area contributed by atoms with E-state index in [0.29, 0.717) is 0 Å². The number of nitrogens with zero attached hydrogens (tertiary/aromatic N) is 3. The summed E-state index contributed by atoms with van der Waals surface area (Å²) in [7, 11) is 2.08. The minimum atomic E-state index is 0.848. The third kappa shape index (κ3) is 4.29. The average molecular weight is 276 g/mol. The van der Waals surface area contributed by atoms with Gasteiger partial charge in [0.1, 0.15) is 0 Å². The minimum Gasteiger partial charge on any atom is -0.351 e. The second-order valence-corrected chi connectivity index (χ2v) is 5.23. The van der Waals surface area contributed by atoms with E-state index in [2.05, 4.69) is 45.6 Å². The Bertz CT molecular complexity index is 483. The van der Waals surface area contributed by atoms with Crippen molar-refractivity contribution < 1.29 is 0 Å². The molecule has 0 aliphatic rings. The first kappa shape index (κ1) is 14.0. The summed E-state index contributed by atoms with van der Waals surface area (Å²) in [5.41, 5.74) is 2.24. The van der Waals surface area contributed by atoms with Crippen LogP contribution in [0.5, 0.6) is 0 Å². The van der Waals surface area contributed by atoms with Crippen LogP contribution in [0.4, 0.5) is 5.13 Å². The molecule has 0 spiro atoms. The summed E-state index contributed by atoms with van der Waals surface area (Å²) in [6, 6.07) is 6.04. The standard InChI is InChI=1S/C14H20N4S/c1-3-15-10-13-11-19-14(17-13)18(2)9-7-12-6-4-5-8-16-12/h4-6,8,11,15H,3,7,9-10H2,1-2H3. The van der Waals surface area contributed by atoms with Crippen LogP contribution in [-0.4, -0.2) is 30.1 Å². The molecule has 0 atom stereocenters. The predicted octanol–water partition coefficient (Wildman–Crippen LogP) is 2.33. The van der Waals surface area contributed by atoms with Gasteiger partial charge in [0.05, 0.1) is 5.69 Å². The second kappa shape index (κ2) is 7.21. The third-order valence-corrected chi connectivity index (χ3v) is 3.86. The Morgan fingerprint density at radius 1 is 1.32 bits per heavy atom. The lowest BCUT2D eigenvalue weighted by atomic mass is 10.2. The summed E-state index contributed by atoms with van der Waals surface area (Å²) < 4.78 is 0. The topological polar surface area (TPSA) is 41.0 Å². The number of nitrogens with one attached hydrogen (secondary N) is 1. The van der Waals surface area contributed by atoms with Gasteiger partial charge in [0.25, 0.3) is 0 Å². The molecule has 0 bridgehead atoms. The van der Waals surface area contributed by atoms with Gasteiger partial charge in [-0.25, -0.2) is 4.98 Å². The third-order valence-electron chi connectivity index (χ3n) is 2.85. The molecule has 102 valence electrons. The molecule has 0 aliphatic carbocycles. The van der Waals surface area contributed by atoms with E-state index in [4.69, 9.17) is 0 Å². The summed E-state index contributed by atoms with van der Waals surface area (Å²) in [6.45, 7) is 4.86. The lowest BCUT2D eigenvalue weighted by molar-refractivity contribution is 0.713. The molecular weight excluding hydrogens is 256 g/mol. The average Bonchev–Trinajstić information content (AvgIpc) is 2.92. The van der Waals surface area contributed by atoms with E-state index in [1.165, 1.54) is 0 Å². The molecule has 0 aliphatic heterocycles. The van der Waals surface area contributed by atoms with Crippen molar-refractivity contribution in [1.82, 2.24) is 15.3 Å². The van der Waals surface area contributed by atoms with Crippen LogP contribution in [0.25, 0.3) is 0 Å². The normalized spacial score (nSPS) is 10.6. The molecule has 2 heterocycles. The van der Waals surface area contributed by atoms with Gasteiger partial charge in [-0.15, -0.1) is 11.3 Å². The fraction of sp³-hybridized carbons (Fsp3) is 0.429. The quantitative estimate of drug-likeness (QED) is 0.842. The first-order valence-corrected chi connectivity index (χ1v) is 7.43. The van der Waals surface area contributed by atoms with E-state index >= 15 is 0 Å². The van der Waals surface area contributed by atoms with Gasteiger partial charge in [0.2, 0.25) is 0 Å². The second-order valence-electron chi connectivity index (χ2n) is 4.39. The molecule has 0 unspecified atom stereocenters. The number of pyridine rings is 1. The largest absolute Gasteiger partial charge is 0.351 e. The highest BCUT2D eigenvalue weighted by atomic mass is 32.1. The molecule has 19 heavy (non-hydrogen) atoms. The van der Waals surface area contributed by atoms with E-state index in [-0.39, 0.29) is 0 Å². The van der Waals surface area contributed by atoms with Crippen molar-refractivity contribution in [3.8, 4) is 0 Å². The van der Waals surface area contributed by atoms with Gasteiger partial charge >= 0.3 is 0 Å². The zero-order valence-electron chi connectivity index (χ0n) is 11.5. The summed E-state index contributed by atoms with van der Waals surface area (Å²) in [6.07, 6.45) is 2.78. The van der Waals surface area contributed by atoms with E-state index in [0.717, 1.165) is 42.6 Å². The Morgan fingerprint density at radius 3 is 2.95 bits per heavy atom. The van der Waals surface area contributed by atoms with Crippen molar-refractivity contribution >= 4 is 16.5 Å². The number of hydrogen-bond acceptors (Lipinski definition) is 5. The molecule has 0 aromatic carbocycles. The van der Waals surface area contributed by atoms with Crippen LogP contribution in [0.2, 0.25) is 0 Å². The fourth-order valence-corrected chi connectivity index (χ4v) is 2.55. The zero-order valence-corrected chi connectivity index (χ0v) is 12.3. The Morgan fingerprint density at radius 2 is 2.21 bits per heavy atom. The fourth-order valence-electron chi connectivity index (χ4n) is 1.73. The van der Waals surface area contributed by atoms with Crippen LogP contribution in [0.15, 0.2) is 29.8 Å². The van der Waals surface area contributed by atoms with Crippen LogP contribution < -0.4 is 10.2 Å². The van der Waals surface area contributed by atoms with Gasteiger partial charge in [-0.2, -0.15) is 0 Å². The molecule has 4 nitrogen and oxygen atoms in total. The summed E-state index contributed by atoms with van der Waals surface area (Å²) in [5.74, 6) is 0. The Hall–Kier alpha value is -1.46. The minimum absolute atomic E-state index is 0.848. The van der Waals surface area contributed by atoms with Crippen molar-refractivity contribution in [3.05, 3.63) is 41.2 Å². The lowest BCUT2D eigenvalue weighted by Crippen LogP contribution is -2.20. The van der Waals surface area contributed by atoms with Crippen molar-refractivity contribution in [2.75, 3.05) is 25.0 Å². The SMILES string of the molecule is CCNCc1csc(N(C)CCc2ccccn2)n1. The zero-order chi connectivity index (χ0) is 13.5. The van der Waals surface area contributed by atoms with Crippen molar-refractivity contribution in [3.63, 3.8) is 0 Å². The van der Waals surface area contributed by atoms with Gasteiger partial charge < -0.3 is 10.2 Å². The number of anilines is 1. The number of aromatic nitrogens is 2. The van der Waals surface area contributed by atoms with E-state index < -0.39 is 0 Å². The first-order valence-electron chi connectivity index (χ1n) is 6.55. The highest BCUT2D eigenvalue weighted by Gasteiger charge is 2.07. The molecule has 2 aromatic rings. The Kier molecular flexibility index (Phi) is 5.30. The molecule has 5 heteroatoms. The summed E-state index contributed by atoms with van der Waals surface area (Å²) in [5, 5.41) is 6.48. The van der Waals surface area contributed by atoms with Crippen LogP contribution in [0, 0.1) is 0 Å². The van der Waals surface area contributed by atoms with Crippen LogP contribution in [0.1, 0.15) is 18.3 Å². The van der Waals surface area contributed by atoms with Crippen molar-refractivity contribution in [1.29, 1.82) is 0 Å². The van der Waals surface area contributed by atoms with Gasteiger partial charge in [-0.3, -0.25) is 4.98 Å². The Labute approximate surface area is 118 Å². The van der Waals surface area contributed by atoms with Crippen molar-refractivity contribution in [2.45, 2.75) is 19.9 Å². The maximum atomic E-state index is 4.62. The van der Waals surface area contributed by atoms with Crippen LogP contribution in [-0.2, 0) is 13.0 Å². The first-order chi connectivity index (χ1) is 9.29. The van der Waals surface area contributed by atoms with Gasteiger partial charge in [-0.1, -0.05) is 13.0 Å². The smallest absolute Gasteiger partial charge is 0.185 e. The Balaban J connectivity index is 1.85. The predicted molar refractivity (Wildman–Crippen MR) is 80.7 cm³/mol. The number of hydrogen-bond donors (Lipinski definition) is 1. The maximum absolute atomic E-state index is 4.62. The molecule has 2 rings (SSSR count). The molecule has 0 saturated carbocycles. The summed E-state index contributed by atoms with van der Waals surface area (Å²) >= 11 is 1.70. The van der Waals surface area contributed by atoms with Gasteiger partial charge in [0, 0.05) is 43.8 Å². The number of rotatable bonds is 7. The monoisotopic (exact) mass is 276 g/mol. The van der Waals surface area contributed by atoms with E-state index in [1.54, 1.807) is 11.3 Å². The maximum Gasteiger partial charge on any atom is 0.185 e. The molecular formula is C14H20N4S. The van der Waals surface area contributed by atoms with Gasteiger partial charge in [-0.05, 0) is 18.7 Å². The van der Waals surface area contributed by atoms with Crippen LogP contribution >= 0.6 is 11.3 Å². The molecule has 0 fully saturated rings. The highest BCUT2D eigenvalue weighted by molar-refractivity contribution is 7.13. The molecule has 0 amide bonds. The lowest BCUT2D eigenvalue weighted by Gasteiger charge is -2.15. The molecule has 0 saturated heterocycles. The van der Waals surface area contributed by atoms with E-state index in [1.807, 2.05) is 18.3 Å². The number of likely N-dealkylation sites (N-methyl/N-ethyl adjacent to an activating group) is 1. The van der Waals surface area contributed by atoms with Gasteiger partial charge in [0.15, 0.2) is 5.13 Å². The summed E-state index contributed by atoms with van der Waals surface area (Å²) in [4.78, 5) is 11.1. The van der Waals surface area contributed by atoms with E-state index in [9.17, 15) is 0 Å². The highest BCUT2D eigenvalue weighted by Crippen LogP contribution is 2.19. The van der Waals surface area contributed by atoms with Crippen LogP contribution in [0.3, 0.4) is 0 Å². The van der Waals surface area contributed by atoms with Crippen molar-refractivity contribution in [2.24, 2.45) is 0 Å².